The molecule has 2 aromatic rings. The van der Waals surface area contributed by atoms with Gasteiger partial charge in [0, 0.05) is 0 Å². The van der Waals surface area contributed by atoms with Crippen LogP contribution < -0.4 is 0 Å². The Kier molecular flexibility index (Phi) is 4.35. The predicted octanol–water partition coefficient (Wildman–Crippen LogP) is 4.72. The van der Waals surface area contributed by atoms with Crippen molar-refractivity contribution >= 4 is 37.4 Å². The minimum atomic E-state index is -0.0494. The molecule has 0 fully saturated rings. The van der Waals surface area contributed by atoms with E-state index in [1.54, 1.807) is 0 Å². The summed E-state index contributed by atoms with van der Waals surface area (Å²) in [5.74, 6) is 0. The van der Waals surface area contributed by atoms with E-state index in [0.29, 0.717) is 0 Å². The Hall–Kier alpha value is -1.12. The molecule has 0 aliphatic rings. The Labute approximate surface area is 113 Å². The van der Waals surface area contributed by atoms with E-state index in [1.165, 1.54) is 5.56 Å². The van der Waals surface area contributed by atoms with Crippen molar-refractivity contribution in [2.24, 2.45) is 0 Å². The number of hydrogen-bond acceptors (Lipinski definition) is 2. The molecule has 2 aromatic carbocycles. The second-order valence-electron chi connectivity index (χ2n) is 3.75. The molecular weight excluding hydrogens is 244 g/mol. The summed E-state index contributed by atoms with van der Waals surface area (Å²) in [7, 11) is 0. The Bertz CT molecular complexity index is 501. The van der Waals surface area contributed by atoms with Gasteiger partial charge in [0.1, 0.15) is 0 Å². The normalized spacial score (nSPS) is 11.2. The van der Waals surface area contributed by atoms with Crippen LogP contribution in [0.15, 0.2) is 54.6 Å². The summed E-state index contributed by atoms with van der Waals surface area (Å²) in [5, 5.41) is 0. The molecule has 0 aliphatic carbocycles. The second-order valence-corrected chi connectivity index (χ2v) is 5.19. The molecular formula is C15H14S2. The van der Waals surface area contributed by atoms with Gasteiger partial charge < -0.3 is 0 Å². The highest BCUT2D eigenvalue weighted by Crippen LogP contribution is 2.27. The average molecular weight is 258 g/mol. The summed E-state index contributed by atoms with van der Waals surface area (Å²) < 4.78 is -0.0494. The molecule has 0 atom stereocenters. The molecule has 0 N–H and O–H groups in total. The first-order valence-electron chi connectivity index (χ1n) is 5.45. The molecule has 0 amide bonds. The van der Waals surface area contributed by atoms with Crippen LogP contribution in [-0.2, 0) is 0 Å². The van der Waals surface area contributed by atoms with Gasteiger partial charge in [-0.3, -0.25) is 0 Å². The highest BCUT2D eigenvalue weighted by atomic mass is 32.2. The van der Waals surface area contributed by atoms with Crippen molar-refractivity contribution in [1.29, 1.82) is 0 Å². The number of benzene rings is 2. The fraction of sp³-hybridized carbons (Fsp3) is 0.0667. The van der Waals surface area contributed by atoms with Gasteiger partial charge in [0.15, 0.2) is 0 Å². The molecule has 0 heterocycles. The average Bonchev–Trinajstić information content (AvgIpc) is 2.38. The molecule has 0 unspecified atom stereocenters. The summed E-state index contributed by atoms with van der Waals surface area (Å²) in [5.41, 5.74) is 3.48. The lowest BCUT2D eigenvalue weighted by molar-refractivity contribution is 1.38. The molecule has 0 aromatic heterocycles. The van der Waals surface area contributed by atoms with Gasteiger partial charge in [-0.05, 0) is 16.7 Å². The molecule has 86 valence electrons. The lowest BCUT2D eigenvalue weighted by Gasteiger charge is -2.07. The van der Waals surface area contributed by atoms with E-state index in [2.05, 4.69) is 61.7 Å². The van der Waals surface area contributed by atoms with Crippen LogP contribution in [0.4, 0.5) is 0 Å². The van der Waals surface area contributed by atoms with Gasteiger partial charge in [-0.25, -0.2) is 0 Å². The van der Waals surface area contributed by atoms with Gasteiger partial charge in [-0.2, -0.15) is 25.3 Å². The van der Waals surface area contributed by atoms with Gasteiger partial charge in [-0.15, -0.1) is 0 Å². The molecule has 17 heavy (non-hydrogen) atoms. The lowest BCUT2D eigenvalue weighted by atomic mass is 10.1. The van der Waals surface area contributed by atoms with E-state index < -0.39 is 0 Å². The quantitative estimate of drug-likeness (QED) is 0.444. The summed E-state index contributed by atoms with van der Waals surface area (Å²) in [6, 6.07) is 18.4. The van der Waals surface area contributed by atoms with Crippen LogP contribution in [0.2, 0.25) is 0 Å². The first-order valence-corrected chi connectivity index (χ1v) is 6.49. The first-order chi connectivity index (χ1) is 8.27. The van der Waals surface area contributed by atoms with Crippen molar-refractivity contribution in [2.45, 2.75) is 4.58 Å². The summed E-state index contributed by atoms with van der Waals surface area (Å²) >= 11 is 8.74. The molecule has 0 nitrogen and oxygen atoms in total. The van der Waals surface area contributed by atoms with Crippen LogP contribution in [-0.4, -0.2) is 0 Å². The van der Waals surface area contributed by atoms with Crippen molar-refractivity contribution in [3.8, 4) is 0 Å². The maximum Gasteiger partial charge on any atom is 0.0697 e. The second kappa shape index (κ2) is 5.99. The van der Waals surface area contributed by atoms with Gasteiger partial charge in [-0.1, -0.05) is 66.7 Å². The Balaban J connectivity index is 2.27. The smallest absolute Gasteiger partial charge is 0.0697 e. The van der Waals surface area contributed by atoms with Crippen molar-refractivity contribution in [2.75, 3.05) is 0 Å². The van der Waals surface area contributed by atoms with Crippen molar-refractivity contribution in [3.05, 3.63) is 71.3 Å². The van der Waals surface area contributed by atoms with Crippen molar-refractivity contribution < 1.29 is 0 Å². The van der Waals surface area contributed by atoms with Crippen LogP contribution >= 0.6 is 25.3 Å². The van der Waals surface area contributed by atoms with Crippen LogP contribution in [0.1, 0.15) is 21.3 Å². The van der Waals surface area contributed by atoms with E-state index in [0.717, 1.165) is 11.1 Å². The zero-order chi connectivity index (χ0) is 12.1. The largest absolute Gasteiger partial charge is 0.160 e. The topological polar surface area (TPSA) is 0 Å². The van der Waals surface area contributed by atoms with Crippen molar-refractivity contribution in [1.82, 2.24) is 0 Å². The van der Waals surface area contributed by atoms with Crippen LogP contribution in [0.25, 0.3) is 12.2 Å². The number of hydrogen-bond donors (Lipinski definition) is 2. The molecule has 0 saturated heterocycles. The summed E-state index contributed by atoms with van der Waals surface area (Å²) in [6.07, 6.45) is 4.20. The molecule has 0 bridgehead atoms. The van der Waals surface area contributed by atoms with E-state index in [9.17, 15) is 0 Å². The maximum atomic E-state index is 4.37. The molecule has 2 rings (SSSR count). The summed E-state index contributed by atoms with van der Waals surface area (Å²) in [6.45, 7) is 0. The molecule has 0 spiro atoms. The van der Waals surface area contributed by atoms with Crippen LogP contribution in [0, 0.1) is 0 Å². The molecule has 0 saturated carbocycles. The Morgan fingerprint density at radius 3 is 2.12 bits per heavy atom. The number of thiol groups is 2. The standard InChI is InChI=1S/C15H14S2/c16-15(17)14-9-5-4-8-13(14)11-10-12-6-2-1-3-7-12/h1-11,15-17H/b11-10+. The zero-order valence-electron chi connectivity index (χ0n) is 9.32. The van der Waals surface area contributed by atoms with Crippen LogP contribution in [0.3, 0.4) is 0 Å². The van der Waals surface area contributed by atoms with E-state index >= 15 is 0 Å². The third kappa shape index (κ3) is 3.42. The highest BCUT2D eigenvalue weighted by Gasteiger charge is 2.03. The minimum Gasteiger partial charge on any atom is -0.160 e. The van der Waals surface area contributed by atoms with Gasteiger partial charge >= 0.3 is 0 Å². The Morgan fingerprint density at radius 2 is 1.41 bits per heavy atom. The van der Waals surface area contributed by atoms with Crippen molar-refractivity contribution in [3.63, 3.8) is 0 Å². The molecule has 0 aliphatic heterocycles. The highest BCUT2D eigenvalue weighted by molar-refractivity contribution is 7.98. The predicted molar refractivity (Wildman–Crippen MR) is 82.5 cm³/mol. The minimum absolute atomic E-state index is 0.0494. The van der Waals surface area contributed by atoms with Gasteiger partial charge in [0.05, 0.1) is 4.58 Å². The maximum absolute atomic E-state index is 4.37. The lowest BCUT2D eigenvalue weighted by Crippen LogP contribution is -1.86. The third-order valence-corrected chi connectivity index (χ3v) is 3.09. The monoisotopic (exact) mass is 258 g/mol. The Morgan fingerprint density at radius 1 is 0.765 bits per heavy atom. The van der Waals surface area contributed by atoms with E-state index in [-0.39, 0.29) is 4.58 Å². The first kappa shape index (κ1) is 12.3. The number of rotatable bonds is 3. The fourth-order valence-corrected chi connectivity index (χ4v) is 2.12. The van der Waals surface area contributed by atoms with Gasteiger partial charge in [0.25, 0.3) is 0 Å². The van der Waals surface area contributed by atoms with Gasteiger partial charge in [0.2, 0.25) is 0 Å². The zero-order valence-corrected chi connectivity index (χ0v) is 11.1. The fourth-order valence-electron chi connectivity index (χ4n) is 1.65. The molecule has 2 heteroatoms. The summed E-state index contributed by atoms with van der Waals surface area (Å²) in [4.78, 5) is 0. The third-order valence-electron chi connectivity index (χ3n) is 2.53. The van der Waals surface area contributed by atoms with E-state index in [4.69, 9.17) is 0 Å². The van der Waals surface area contributed by atoms with E-state index in [1.807, 2.05) is 30.3 Å². The SMILES string of the molecule is SC(S)c1ccccc1/C=C/c1ccccc1. The van der Waals surface area contributed by atoms with Crippen LogP contribution in [0.5, 0.6) is 0 Å². The molecule has 0 radical (unpaired) electrons.